The minimum absolute atomic E-state index is 0.00917. The van der Waals surface area contributed by atoms with Crippen LogP contribution in [0, 0.1) is 0 Å². The van der Waals surface area contributed by atoms with E-state index in [1.54, 1.807) is 0 Å². The molecule has 0 saturated carbocycles. The highest BCUT2D eigenvalue weighted by atomic mass is 32.1. The lowest BCUT2D eigenvalue weighted by Gasteiger charge is -2.42. The second kappa shape index (κ2) is 13.2. The molecule has 0 saturated heterocycles. The Morgan fingerprint density at radius 3 is 1.94 bits per heavy atom. The van der Waals surface area contributed by atoms with Gasteiger partial charge in [0.25, 0.3) is 0 Å². The van der Waals surface area contributed by atoms with Gasteiger partial charge >= 0.3 is 0 Å². The van der Waals surface area contributed by atoms with Gasteiger partial charge in [0.2, 0.25) is 5.95 Å². The number of benzene rings is 8. The van der Waals surface area contributed by atoms with Crippen LogP contribution in [-0.2, 0) is 10.8 Å². The van der Waals surface area contributed by atoms with Gasteiger partial charge in [0.15, 0.2) is 11.6 Å². The molecule has 1 aliphatic carbocycles. The lowest BCUT2D eigenvalue weighted by atomic mass is 9.63. The van der Waals surface area contributed by atoms with Gasteiger partial charge in [0.1, 0.15) is 0 Å². The van der Waals surface area contributed by atoms with E-state index in [1.165, 1.54) is 58.2 Å². The Balaban J connectivity index is 1.22. The van der Waals surface area contributed by atoms with E-state index in [1.807, 2.05) is 11.3 Å². The van der Waals surface area contributed by atoms with Crippen molar-refractivity contribution in [2.24, 2.45) is 0 Å². The fraction of sp³-hybridized carbons (Fsp3) is 0.140. The molecule has 0 amide bonds. The molecule has 0 bridgehead atoms. The Kier molecular flexibility index (Phi) is 7.64. The highest BCUT2D eigenvalue weighted by molar-refractivity contribution is 7.25. The predicted molar refractivity (Wildman–Crippen MR) is 265 cm³/mol. The zero-order chi connectivity index (χ0) is 42.2. The predicted octanol–water partition coefficient (Wildman–Crippen LogP) is 15.3. The maximum Gasteiger partial charge on any atom is 0.238 e. The van der Waals surface area contributed by atoms with E-state index in [0.29, 0.717) is 17.6 Å². The Morgan fingerprint density at radius 2 is 1.11 bits per heavy atom. The van der Waals surface area contributed by atoms with E-state index in [4.69, 9.17) is 15.0 Å². The number of hydrogen-bond acceptors (Lipinski definition) is 4. The van der Waals surface area contributed by atoms with Crippen molar-refractivity contribution in [3.63, 3.8) is 0 Å². The average Bonchev–Trinajstić information content (AvgIpc) is 3.98. The Morgan fingerprint density at radius 1 is 0.460 bits per heavy atom. The summed E-state index contributed by atoms with van der Waals surface area (Å²) in [6, 6.07) is 59.5. The van der Waals surface area contributed by atoms with Crippen molar-refractivity contribution in [3.05, 3.63) is 175 Å². The number of aromatic nitrogens is 5. The molecule has 6 heteroatoms. The smallest absolute Gasteiger partial charge is 0.238 e. The highest BCUT2D eigenvalue weighted by Crippen LogP contribution is 2.50. The van der Waals surface area contributed by atoms with Crippen LogP contribution in [0.3, 0.4) is 0 Å². The molecule has 13 rings (SSSR count). The van der Waals surface area contributed by atoms with Gasteiger partial charge in [0.05, 0.1) is 22.1 Å². The molecular weight excluding hydrogens is 787 g/mol. The van der Waals surface area contributed by atoms with Crippen molar-refractivity contribution < 1.29 is 0 Å². The number of hydrogen-bond donors (Lipinski definition) is 0. The maximum absolute atomic E-state index is 5.65. The van der Waals surface area contributed by atoms with Crippen LogP contribution in [0.2, 0.25) is 0 Å². The van der Waals surface area contributed by atoms with Crippen molar-refractivity contribution >= 4 is 85.9 Å². The van der Waals surface area contributed by atoms with E-state index in [2.05, 4.69) is 201 Å². The summed E-state index contributed by atoms with van der Waals surface area (Å²) in [6.07, 6.45) is 2.25. The van der Waals surface area contributed by atoms with Gasteiger partial charge in [-0.05, 0) is 94.1 Å². The summed E-state index contributed by atoms with van der Waals surface area (Å²) < 4.78 is 7.29. The molecule has 0 atom stereocenters. The SMILES string of the molecule is CC1(C)CCC(C)(C)c2cc3c(cc21)c1ccc2c4ccccc4n(-c4ccccc4)c2c1n3-c1nc(-c2ccc3ccccc3c2)nc(-c2cccc3sc4ccccc4c23)n1. The highest BCUT2D eigenvalue weighted by Gasteiger charge is 2.38. The molecule has 0 N–H and O–H groups in total. The van der Waals surface area contributed by atoms with Gasteiger partial charge in [-0.1, -0.05) is 143 Å². The third-order valence-corrected chi connectivity index (χ3v) is 15.2. The van der Waals surface area contributed by atoms with Gasteiger partial charge in [-0.3, -0.25) is 4.57 Å². The largest absolute Gasteiger partial charge is 0.307 e. The first-order chi connectivity index (χ1) is 30.7. The molecule has 302 valence electrons. The second-order valence-corrected chi connectivity index (χ2v) is 19.8. The van der Waals surface area contributed by atoms with E-state index in [0.717, 1.165) is 57.1 Å². The van der Waals surface area contributed by atoms with Crippen molar-refractivity contribution in [1.29, 1.82) is 0 Å². The zero-order valence-corrected chi connectivity index (χ0v) is 36.5. The topological polar surface area (TPSA) is 48.5 Å². The number of thiophene rings is 1. The molecule has 4 heterocycles. The number of nitrogens with zero attached hydrogens (tertiary/aromatic N) is 5. The van der Waals surface area contributed by atoms with Crippen LogP contribution < -0.4 is 0 Å². The third-order valence-electron chi connectivity index (χ3n) is 14.0. The van der Waals surface area contributed by atoms with E-state index in [9.17, 15) is 0 Å². The van der Waals surface area contributed by atoms with Gasteiger partial charge in [-0.2, -0.15) is 9.97 Å². The van der Waals surface area contributed by atoms with Gasteiger partial charge in [0, 0.05) is 58.5 Å². The van der Waals surface area contributed by atoms with Gasteiger partial charge in [-0.25, -0.2) is 4.98 Å². The van der Waals surface area contributed by atoms with Crippen LogP contribution in [-0.4, -0.2) is 24.1 Å². The normalized spacial score (nSPS) is 14.8. The summed E-state index contributed by atoms with van der Waals surface area (Å²) in [5, 5.41) is 9.50. The van der Waals surface area contributed by atoms with E-state index < -0.39 is 0 Å². The summed E-state index contributed by atoms with van der Waals surface area (Å²) in [5.74, 6) is 1.90. The Bertz CT molecular complexity index is 3870. The summed E-state index contributed by atoms with van der Waals surface area (Å²) in [4.78, 5) is 16.7. The van der Waals surface area contributed by atoms with Gasteiger partial charge < -0.3 is 4.57 Å². The summed E-state index contributed by atoms with van der Waals surface area (Å²) in [5.41, 5.74) is 10.4. The fourth-order valence-corrected chi connectivity index (χ4v) is 11.8. The second-order valence-electron chi connectivity index (χ2n) is 18.7. The quantitative estimate of drug-likeness (QED) is 0.178. The lowest BCUT2D eigenvalue weighted by Crippen LogP contribution is -2.33. The number of rotatable bonds is 4. The summed E-state index contributed by atoms with van der Waals surface area (Å²) in [7, 11) is 0. The zero-order valence-electron chi connectivity index (χ0n) is 35.6. The Labute approximate surface area is 368 Å². The van der Waals surface area contributed by atoms with Crippen LogP contribution in [0.1, 0.15) is 51.7 Å². The number of fused-ring (bicyclic) bond motifs is 12. The monoisotopic (exact) mass is 829 g/mol. The fourth-order valence-electron chi connectivity index (χ4n) is 10.7. The minimum Gasteiger partial charge on any atom is -0.307 e. The van der Waals surface area contributed by atoms with Crippen molar-refractivity contribution in [1.82, 2.24) is 24.1 Å². The average molecular weight is 830 g/mol. The molecule has 12 aromatic rings. The lowest BCUT2D eigenvalue weighted by molar-refractivity contribution is 0.332. The van der Waals surface area contributed by atoms with E-state index >= 15 is 0 Å². The first-order valence-corrected chi connectivity index (χ1v) is 22.8. The molecule has 0 unspecified atom stereocenters. The van der Waals surface area contributed by atoms with Gasteiger partial charge in [-0.15, -0.1) is 11.3 Å². The molecule has 0 aliphatic heterocycles. The van der Waals surface area contributed by atoms with Crippen molar-refractivity contribution in [3.8, 4) is 34.4 Å². The maximum atomic E-state index is 5.65. The molecule has 4 aromatic heterocycles. The molecule has 0 spiro atoms. The molecule has 5 nitrogen and oxygen atoms in total. The minimum atomic E-state index is -0.00917. The van der Waals surface area contributed by atoms with Crippen molar-refractivity contribution in [2.45, 2.75) is 51.4 Å². The Hall–Kier alpha value is -7.15. The molecule has 63 heavy (non-hydrogen) atoms. The summed E-state index contributed by atoms with van der Waals surface area (Å²) in [6.45, 7) is 9.66. The van der Waals surface area contributed by atoms with Crippen LogP contribution >= 0.6 is 11.3 Å². The first-order valence-electron chi connectivity index (χ1n) is 22.0. The molecule has 1 aliphatic rings. The van der Waals surface area contributed by atoms with Crippen LogP contribution in [0.25, 0.3) is 109 Å². The standard InChI is InChI=1S/C57H43N5S/c1-56(2)29-30-57(3,4)45-33-47-43(32-44(45)56)40-28-27-39-38-19-10-12-22-46(38)61(37-17-6-5-7-18-37)51(39)52(40)62(47)55-59-53(36-26-25-34-15-8-9-16-35(34)31-36)58-54(60-55)42-21-14-24-49-50(42)41-20-11-13-23-48(41)63-49/h5-28,31-33H,29-30H2,1-4H3. The first kappa shape index (κ1) is 36.5. The molecule has 0 radical (unpaired) electrons. The number of para-hydroxylation sites is 2. The third kappa shape index (κ3) is 5.37. The van der Waals surface area contributed by atoms with Crippen LogP contribution in [0.15, 0.2) is 164 Å². The van der Waals surface area contributed by atoms with E-state index in [-0.39, 0.29) is 10.8 Å². The molecule has 8 aromatic carbocycles. The molecular formula is C57H43N5S. The molecule has 0 fully saturated rings. The van der Waals surface area contributed by atoms with Crippen molar-refractivity contribution in [2.75, 3.05) is 0 Å². The summed E-state index contributed by atoms with van der Waals surface area (Å²) >= 11 is 1.81. The van der Waals surface area contributed by atoms with Crippen LogP contribution in [0.5, 0.6) is 0 Å². The van der Waals surface area contributed by atoms with Crippen LogP contribution in [0.4, 0.5) is 0 Å².